The first-order valence-corrected chi connectivity index (χ1v) is 9.90. The number of nitrogens with one attached hydrogen (secondary N) is 1. The molecule has 2 fully saturated rings. The second-order valence-electron chi connectivity index (χ2n) is 8.20. The van der Waals surface area contributed by atoms with Crippen LogP contribution in [0.25, 0.3) is 0 Å². The van der Waals surface area contributed by atoms with E-state index in [2.05, 4.69) is 33.5 Å². The smallest absolute Gasteiger partial charge is 0.225 e. The second-order valence-corrected chi connectivity index (χ2v) is 8.20. The van der Waals surface area contributed by atoms with Crippen LogP contribution >= 0.6 is 0 Å². The Morgan fingerprint density at radius 2 is 2.19 bits per heavy atom. The van der Waals surface area contributed by atoms with Crippen molar-refractivity contribution in [2.45, 2.75) is 25.4 Å². The molecule has 0 spiro atoms. The van der Waals surface area contributed by atoms with Crippen LogP contribution in [0.3, 0.4) is 0 Å². The van der Waals surface area contributed by atoms with Crippen molar-refractivity contribution < 1.29 is 9.53 Å². The van der Waals surface area contributed by atoms with Crippen molar-refractivity contribution in [1.29, 1.82) is 0 Å². The molecule has 1 amide bonds. The molecule has 0 radical (unpaired) electrons. The lowest BCUT2D eigenvalue weighted by Gasteiger charge is -2.34. The molecule has 0 unspecified atom stereocenters. The maximum absolute atomic E-state index is 13.0. The molecular weight excluding hydrogens is 340 g/mol. The average molecular weight is 366 g/mol. The minimum Gasteiger partial charge on any atom is -0.493 e. The van der Waals surface area contributed by atoms with Gasteiger partial charge in [-0.2, -0.15) is 5.10 Å². The van der Waals surface area contributed by atoms with Gasteiger partial charge in [-0.15, -0.1) is 0 Å². The zero-order chi connectivity index (χ0) is 18.4. The van der Waals surface area contributed by atoms with Crippen LogP contribution in [-0.2, 0) is 18.4 Å². The van der Waals surface area contributed by atoms with Gasteiger partial charge >= 0.3 is 0 Å². The Kier molecular flexibility index (Phi) is 4.16. The molecule has 27 heavy (non-hydrogen) atoms. The fraction of sp³-hybridized carbons (Fsp3) is 0.524. The van der Waals surface area contributed by atoms with Gasteiger partial charge in [0.2, 0.25) is 5.91 Å². The highest BCUT2D eigenvalue weighted by molar-refractivity contribution is 5.80. The van der Waals surface area contributed by atoms with Gasteiger partial charge in [0, 0.05) is 56.0 Å². The number of ether oxygens (including phenoxy) is 1. The van der Waals surface area contributed by atoms with Crippen molar-refractivity contribution in [2.75, 3.05) is 19.7 Å². The molecule has 6 heteroatoms. The van der Waals surface area contributed by atoms with Gasteiger partial charge in [0.05, 0.1) is 18.7 Å². The van der Waals surface area contributed by atoms with Crippen LogP contribution in [0.15, 0.2) is 36.7 Å². The number of fused-ring (bicyclic) bond motifs is 3. The molecule has 2 aliphatic heterocycles. The standard InChI is InChI=1S/C21H26N4O2/c1-24-10-15(9-23-24)8-22-21(26)17-12-25(11-14-6-7-14)20-16-4-2-3-5-19(16)27-13-18(17)20/h2-5,9-10,14,17-18,20H,6-8,11-13H2,1H3,(H,22,26)/t17-,18+,20+/m1/s1. The van der Waals surface area contributed by atoms with Crippen LogP contribution in [0.5, 0.6) is 5.75 Å². The Labute approximate surface area is 159 Å². The highest BCUT2D eigenvalue weighted by Gasteiger charge is 2.49. The Morgan fingerprint density at radius 1 is 1.33 bits per heavy atom. The summed E-state index contributed by atoms with van der Waals surface area (Å²) in [7, 11) is 1.89. The van der Waals surface area contributed by atoms with Crippen LogP contribution in [0.2, 0.25) is 0 Å². The normalized spacial score (nSPS) is 26.9. The summed E-state index contributed by atoms with van der Waals surface area (Å²) in [6, 6.07) is 8.62. The summed E-state index contributed by atoms with van der Waals surface area (Å²) in [5.74, 6) is 2.11. The summed E-state index contributed by atoms with van der Waals surface area (Å²) in [4.78, 5) is 15.6. The number of carbonyl (C=O) groups is 1. The van der Waals surface area contributed by atoms with Crippen molar-refractivity contribution in [3.63, 3.8) is 0 Å². The predicted octanol–water partition coefficient (Wildman–Crippen LogP) is 2.13. The van der Waals surface area contributed by atoms with Crippen LogP contribution in [0, 0.1) is 17.8 Å². The summed E-state index contributed by atoms with van der Waals surface area (Å²) >= 11 is 0. The summed E-state index contributed by atoms with van der Waals surface area (Å²) in [6.07, 6.45) is 6.39. The van der Waals surface area contributed by atoms with Crippen molar-refractivity contribution in [1.82, 2.24) is 20.0 Å². The van der Waals surface area contributed by atoms with Gasteiger partial charge < -0.3 is 10.1 Å². The molecule has 1 aliphatic carbocycles. The van der Waals surface area contributed by atoms with E-state index in [1.54, 1.807) is 10.9 Å². The van der Waals surface area contributed by atoms with Gasteiger partial charge in [0.15, 0.2) is 0 Å². The maximum atomic E-state index is 13.0. The second kappa shape index (κ2) is 6.68. The van der Waals surface area contributed by atoms with Crippen LogP contribution in [0.4, 0.5) is 0 Å². The molecule has 5 rings (SSSR count). The number of nitrogens with zero attached hydrogens (tertiary/aromatic N) is 3. The molecule has 1 aromatic heterocycles. The molecule has 0 bridgehead atoms. The first-order chi connectivity index (χ1) is 13.2. The molecule has 1 aromatic carbocycles. The number of rotatable bonds is 5. The first-order valence-electron chi connectivity index (χ1n) is 9.90. The molecule has 2 aromatic rings. The number of aryl methyl sites for hydroxylation is 1. The number of amides is 1. The van der Waals surface area contributed by atoms with E-state index in [1.807, 2.05) is 19.3 Å². The third-order valence-corrected chi connectivity index (χ3v) is 6.17. The van der Waals surface area contributed by atoms with Gasteiger partial charge in [-0.25, -0.2) is 0 Å². The largest absolute Gasteiger partial charge is 0.493 e. The van der Waals surface area contributed by atoms with E-state index < -0.39 is 0 Å². The number of aromatic nitrogens is 2. The van der Waals surface area contributed by atoms with Crippen molar-refractivity contribution >= 4 is 5.91 Å². The Morgan fingerprint density at radius 3 is 2.96 bits per heavy atom. The Bertz CT molecular complexity index is 844. The topological polar surface area (TPSA) is 59.4 Å². The summed E-state index contributed by atoms with van der Waals surface area (Å²) in [5, 5.41) is 7.30. The molecular formula is C21H26N4O2. The van der Waals surface area contributed by atoms with E-state index in [9.17, 15) is 4.79 Å². The zero-order valence-electron chi connectivity index (χ0n) is 15.7. The van der Waals surface area contributed by atoms with E-state index in [4.69, 9.17) is 4.74 Å². The van der Waals surface area contributed by atoms with E-state index in [1.165, 1.54) is 18.4 Å². The van der Waals surface area contributed by atoms with Gasteiger partial charge in [-0.1, -0.05) is 18.2 Å². The Balaban J connectivity index is 1.35. The lowest BCUT2D eigenvalue weighted by molar-refractivity contribution is -0.126. The number of carbonyl (C=O) groups excluding carboxylic acids is 1. The highest BCUT2D eigenvalue weighted by Crippen LogP contribution is 2.48. The van der Waals surface area contributed by atoms with Gasteiger partial charge in [-0.05, 0) is 24.8 Å². The minimum atomic E-state index is -0.0289. The number of benzene rings is 1. The fourth-order valence-corrected chi connectivity index (χ4v) is 4.65. The molecule has 1 saturated heterocycles. The molecule has 142 valence electrons. The van der Waals surface area contributed by atoms with E-state index in [0.29, 0.717) is 19.2 Å². The lowest BCUT2D eigenvalue weighted by atomic mass is 9.85. The van der Waals surface area contributed by atoms with E-state index >= 15 is 0 Å². The van der Waals surface area contributed by atoms with Crippen LogP contribution < -0.4 is 10.1 Å². The molecule has 3 aliphatic rings. The van der Waals surface area contributed by atoms with E-state index in [-0.39, 0.29) is 17.7 Å². The molecule has 6 nitrogen and oxygen atoms in total. The summed E-state index contributed by atoms with van der Waals surface area (Å²) < 4.78 is 7.79. The molecule has 3 heterocycles. The number of hydrogen-bond donors (Lipinski definition) is 1. The van der Waals surface area contributed by atoms with Crippen LogP contribution in [-0.4, -0.2) is 40.3 Å². The number of likely N-dealkylation sites (tertiary alicyclic amines) is 1. The third kappa shape index (κ3) is 3.23. The van der Waals surface area contributed by atoms with Crippen molar-refractivity contribution in [3.8, 4) is 5.75 Å². The van der Waals surface area contributed by atoms with Crippen molar-refractivity contribution in [2.24, 2.45) is 24.8 Å². The maximum Gasteiger partial charge on any atom is 0.225 e. The number of para-hydroxylation sites is 1. The SMILES string of the molecule is Cn1cc(CNC(=O)[C@@H]2CN(CC3CC3)[C@H]3c4ccccc4OC[C@@H]23)cn1. The number of hydrogen-bond acceptors (Lipinski definition) is 4. The minimum absolute atomic E-state index is 0.0289. The molecule has 3 atom stereocenters. The predicted molar refractivity (Wildman–Crippen MR) is 101 cm³/mol. The lowest BCUT2D eigenvalue weighted by Crippen LogP contribution is -2.37. The van der Waals surface area contributed by atoms with Gasteiger partial charge in [0.1, 0.15) is 5.75 Å². The van der Waals surface area contributed by atoms with Gasteiger partial charge in [-0.3, -0.25) is 14.4 Å². The Hall–Kier alpha value is -2.34. The fourth-order valence-electron chi connectivity index (χ4n) is 4.65. The third-order valence-electron chi connectivity index (χ3n) is 6.17. The average Bonchev–Trinajstić information content (AvgIpc) is 3.28. The summed E-state index contributed by atoms with van der Waals surface area (Å²) in [6.45, 7) is 3.07. The van der Waals surface area contributed by atoms with Crippen molar-refractivity contribution in [3.05, 3.63) is 47.8 Å². The van der Waals surface area contributed by atoms with Crippen LogP contribution in [0.1, 0.15) is 30.0 Å². The monoisotopic (exact) mass is 366 g/mol. The quantitative estimate of drug-likeness (QED) is 0.881. The summed E-state index contributed by atoms with van der Waals surface area (Å²) in [5.41, 5.74) is 2.28. The highest BCUT2D eigenvalue weighted by atomic mass is 16.5. The molecule has 1 N–H and O–H groups in total. The van der Waals surface area contributed by atoms with Gasteiger partial charge in [0.25, 0.3) is 0 Å². The molecule has 1 saturated carbocycles. The zero-order valence-corrected chi connectivity index (χ0v) is 15.7. The first kappa shape index (κ1) is 16.8. The van der Waals surface area contributed by atoms with E-state index in [0.717, 1.165) is 30.3 Å².